The van der Waals surface area contributed by atoms with Gasteiger partial charge < -0.3 is 29.5 Å². The molecule has 0 amide bonds. The molecule has 2 aliphatic rings. The SMILES string of the molecule is COc1cc2c(cc1O)C(Cc1ccc(Oc3cc4c(cc3OC)CCN(C)C4Cc3ccc(O)cc3)c(O)c1)N(C)CC2. The molecule has 0 aromatic heterocycles. The first-order valence-electron chi connectivity index (χ1n) is 15.0. The summed E-state index contributed by atoms with van der Waals surface area (Å²) in [6.45, 7) is 1.81. The first-order valence-corrected chi connectivity index (χ1v) is 15.0. The molecule has 3 N–H and O–H groups in total. The summed E-state index contributed by atoms with van der Waals surface area (Å²) >= 11 is 0. The van der Waals surface area contributed by atoms with E-state index in [1.165, 1.54) is 11.1 Å². The molecule has 6 rings (SSSR count). The van der Waals surface area contributed by atoms with Gasteiger partial charge in [0.2, 0.25) is 0 Å². The van der Waals surface area contributed by atoms with Gasteiger partial charge in [0.25, 0.3) is 0 Å². The van der Waals surface area contributed by atoms with E-state index in [9.17, 15) is 15.3 Å². The number of likely N-dealkylation sites (N-methyl/N-ethyl adjacent to an activating group) is 2. The third kappa shape index (κ3) is 5.87. The van der Waals surface area contributed by atoms with Gasteiger partial charge in [-0.15, -0.1) is 0 Å². The minimum absolute atomic E-state index is 0.0463. The number of rotatable bonds is 8. The molecule has 0 fully saturated rings. The highest BCUT2D eigenvalue weighted by molar-refractivity contribution is 5.54. The minimum atomic E-state index is 0.0463. The molecule has 8 heteroatoms. The number of fused-ring (bicyclic) bond motifs is 2. The number of phenolic OH excluding ortho intramolecular Hbond substituents is 3. The largest absolute Gasteiger partial charge is 0.508 e. The summed E-state index contributed by atoms with van der Waals surface area (Å²) in [4.78, 5) is 4.62. The van der Waals surface area contributed by atoms with Crippen molar-refractivity contribution in [3.63, 3.8) is 0 Å². The molecular weight excluding hydrogens is 556 g/mol. The number of methoxy groups -OCH3 is 2. The zero-order valence-corrected chi connectivity index (χ0v) is 25.7. The van der Waals surface area contributed by atoms with Gasteiger partial charge in [-0.05, 0) is 122 Å². The summed E-state index contributed by atoms with van der Waals surface area (Å²) in [5.74, 6) is 2.45. The highest BCUT2D eigenvalue weighted by atomic mass is 16.5. The summed E-state index contributed by atoms with van der Waals surface area (Å²) in [5, 5.41) is 31.3. The molecule has 0 saturated carbocycles. The quantitative estimate of drug-likeness (QED) is 0.223. The maximum atomic E-state index is 11.1. The Kier molecular flexibility index (Phi) is 8.29. The van der Waals surface area contributed by atoms with Crippen LogP contribution in [0.25, 0.3) is 0 Å². The van der Waals surface area contributed by atoms with Crippen molar-refractivity contribution in [3.05, 3.63) is 100 Å². The molecule has 44 heavy (non-hydrogen) atoms. The fourth-order valence-corrected chi connectivity index (χ4v) is 6.59. The summed E-state index contributed by atoms with van der Waals surface area (Å²) in [7, 11) is 7.41. The van der Waals surface area contributed by atoms with Crippen molar-refractivity contribution >= 4 is 0 Å². The van der Waals surface area contributed by atoms with Gasteiger partial charge in [-0.2, -0.15) is 0 Å². The normalized spacial score (nSPS) is 18.4. The number of benzene rings is 4. The average molecular weight is 597 g/mol. The molecule has 2 unspecified atom stereocenters. The van der Waals surface area contributed by atoms with E-state index in [0.717, 1.165) is 54.6 Å². The van der Waals surface area contributed by atoms with E-state index in [-0.39, 0.29) is 29.3 Å². The summed E-state index contributed by atoms with van der Waals surface area (Å²) in [6.07, 6.45) is 3.23. The van der Waals surface area contributed by atoms with E-state index < -0.39 is 0 Å². The van der Waals surface area contributed by atoms with Crippen molar-refractivity contribution in [1.29, 1.82) is 0 Å². The van der Waals surface area contributed by atoms with Gasteiger partial charge in [-0.1, -0.05) is 18.2 Å². The molecule has 4 aromatic carbocycles. The molecule has 2 atom stereocenters. The predicted octanol–water partition coefficient (Wildman–Crippen LogP) is 6.16. The lowest BCUT2D eigenvalue weighted by atomic mass is 9.88. The number of hydrogen-bond donors (Lipinski definition) is 3. The van der Waals surface area contributed by atoms with E-state index in [2.05, 4.69) is 23.9 Å². The Labute approximate surface area is 258 Å². The third-order valence-electron chi connectivity index (χ3n) is 9.15. The second-order valence-electron chi connectivity index (χ2n) is 11.9. The number of nitrogens with zero attached hydrogens (tertiary/aromatic N) is 2. The summed E-state index contributed by atoms with van der Waals surface area (Å²) in [6, 6.07) is 20.9. The van der Waals surface area contributed by atoms with Crippen LogP contribution in [0.1, 0.15) is 45.5 Å². The fourth-order valence-electron chi connectivity index (χ4n) is 6.59. The van der Waals surface area contributed by atoms with E-state index in [1.54, 1.807) is 44.6 Å². The number of ether oxygens (including phenoxy) is 3. The van der Waals surface area contributed by atoms with Crippen molar-refractivity contribution in [1.82, 2.24) is 9.80 Å². The van der Waals surface area contributed by atoms with Gasteiger partial charge in [0.05, 0.1) is 14.2 Å². The highest BCUT2D eigenvalue weighted by Crippen LogP contribution is 2.43. The average Bonchev–Trinajstić information content (AvgIpc) is 3.02. The van der Waals surface area contributed by atoms with E-state index in [0.29, 0.717) is 29.4 Å². The molecule has 0 bridgehead atoms. The van der Waals surface area contributed by atoms with Crippen LogP contribution >= 0.6 is 0 Å². The molecule has 0 saturated heterocycles. The minimum Gasteiger partial charge on any atom is -0.508 e. The number of phenols is 3. The monoisotopic (exact) mass is 596 g/mol. The molecular formula is C36H40N2O6. The maximum Gasteiger partial charge on any atom is 0.169 e. The Bertz CT molecular complexity index is 1650. The van der Waals surface area contributed by atoms with Crippen molar-refractivity contribution in [2.24, 2.45) is 0 Å². The highest BCUT2D eigenvalue weighted by Gasteiger charge is 2.29. The van der Waals surface area contributed by atoms with Crippen molar-refractivity contribution in [3.8, 4) is 40.2 Å². The Balaban J connectivity index is 1.25. The van der Waals surface area contributed by atoms with Crippen LogP contribution in [0.4, 0.5) is 0 Å². The van der Waals surface area contributed by atoms with E-state index >= 15 is 0 Å². The lowest BCUT2D eigenvalue weighted by molar-refractivity contribution is 0.228. The van der Waals surface area contributed by atoms with Gasteiger partial charge in [-0.3, -0.25) is 9.80 Å². The lowest BCUT2D eigenvalue weighted by Crippen LogP contribution is -2.33. The molecule has 0 radical (unpaired) electrons. The van der Waals surface area contributed by atoms with Gasteiger partial charge >= 0.3 is 0 Å². The Morgan fingerprint density at radius 1 is 0.614 bits per heavy atom. The summed E-state index contributed by atoms with van der Waals surface area (Å²) in [5.41, 5.74) is 6.72. The molecule has 0 spiro atoms. The number of hydrogen-bond acceptors (Lipinski definition) is 8. The van der Waals surface area contributed by atoms with Crippen LogP contribution in [0.3, 0.4) is 0 Å². The molecule has 8 nitrogen and oxygen atoms in total. The topological polar surface area (TPSA) is 94.9 Å². The van der Waals surface area contributed by atoms with Crippen LogP contribution in [0.5, 0.6) is 40.2 Å². The maximum absolute atomic E-state index is 11.1. The lowest BCUT2D eigenvalue weighted by Gasteiger charge is -2.35. The fraction of sp³-hybridized carbons (Fsp3) is 0.333. The Morgan fingerprint density at radius 3 is 1.77 bits per heavy atom. The zero-order valence-electron chi connectivity index (χ0n) is 25.7. The van der Waals surface area contributed by atoms with Gasteiger partial charge in [0.1, 0.15) is 5.75 Å². The van der Waals surface area contributed by atoms with Gasteiger partial charge in [0, 0.05) is 25.2 Å². The Morgan fingerprint density at radius 2 is 1.16 bits per heavy atom. The second-order valence-corrected chi connectivity index (χ2v) is 11.9. The first-order chi connectivity index (χ1) is 21.2. The van der Waals surface area contributed by atoms with Crippen molar-refractivity contribution in [2.45, 2.75) is 37.8 Å². The zero-order chi connectivity index (χ0) is 31.0. The summed E-state index contributed by atoms with van der Waals surface area (Å²) < 4.78 is 17.4. The van der Waals surface area contributed by atoms with Gasteiger partial charge in [0.15, 0.2) is 34.5 Å². The van der Waals surface area contributed by atoms with Gasteiger partial charge in [-0.25, -0.2) is 0 Å². The molecule has 2 aliphatic heterocycles. The number of aromatic hydroxyl groups is 3. The molecule has 2 heterocycles. The molecule has 230 valence electrons. The van der Waals surface area contributed by atoms with Crippen LogP contribution in [0.15, 0.2) is 66.7 Å². The second kappa shape index (κ2) is 12.3. The molecule has 0 aliphatic carbocycles. The third-order valence-corrected chi connectivity index (χ3v) is 9.15. The molecule has 4 aromatic rings. The Hall–Kier alpha value is -4.40. The van der Waals surface area contributed by atoms with Crippen LogP contribution in [-0.4, -0.2) is 66.5 Å². The first kappa shape index (κ1) is 29.7. The van der Waals surface area contributed by atoms with Crippen LogP contribution < -0.4 is 14.2 Å². The van der Waals surface area contributed by atoms with Crippen LogP contribution in [0.2, 0.25) is 0 Å². The van der Waals surface area contributed by atoms with E-state index in [4.69, 9.17) is 14.2 Å². The van der Waals surface area contributed by atoms with Crippen molar-refractivity contribution < 1.29 is 29.5 Å². The smallest absolute Gasteiger partial charge is 0.169 e. The van der Waals surface area contributed by atoms with Crippen molar-refractivity contribution in [2.75, 3.05) is 41.4 Å². The predicted molar refractivity (Wildman–Crippen MR) is 169 cm³/mol. The van der Waals surface area contributed by atoms with E-state index in [1.807, 2.05) is 36.4 Å². The van der Waals surface area contributed by atoms with Crippen LogP contribution in [-0.2, 0) is 25.7 Å². The van der Waals surface area contributed by atoms with Crippen LogP contribution in [0, 0.1) is 0 Å². The standard InChI is InChI=1S/C36H40N2O6/c1-37-14-12-25-19-35(43-4)36(21-28(25)29(37)15-22-5-8-26(39)9-6-22)44-33-10-7-23(17-31(33)40)16-30-27-20-32(41)34(42-3)18-24(27)11-13-38(30)2/h5-10,17-21,29-30,39-41H,11-16H2,1-4H3.